The van der Waals surface area contributed by atoms with Crippen LogP contribution >= 0.6 is 0 Å². The van der Waals surface area contributed by atoms with Gasteiger partial charge in [0.15, 0.2) is 15.7 Å². The van der Waals surface area contributed by atoms with Crippen molar-refractivity contribution in [1.29, 1.82) is 0 Å². The zero-order valence-electron chi connectivity index (χ0n) is 10.7. The summed E-state index contributed by atoms with van der Waals surface area (Å²) in [6.45, 7) is 4.98. The van der Waals surface area contributed by atoms with Gasteiger partial charge in [0, 0.05) is 18.4 Å². The summed E-state index contributed by atoms with van der Waals surface area (Å²) in [5.41, 5.74) is 0. The number of nitrogens with one attached hydrogen (secondary N) is 1. The van der Waals surface area contributed by atoms with E-state index in [0.717, 1.165) is 6.54 Å². The van der Waals surface area contributed by atoms with E-state index in [9.17, 15) is 8.42 Å². The smallest absolute Gasteiger partial charge is 0.228 e. The van der Waals surface area contributed by atoms with Crippen molar-refractivity contribution in [2.75, 3.05) is 18.1 Å². The lowest BCUT2D eigenvalue weighted by Gasteiger charge is -2.07. The molecule has 0 bridgehead atoms. The highest BCUT2D eigenvalue weighted by molar-refractivity contribution is 7.91. The van der Waals surface area contributed by atoms with Crippen LogP contribution < -0.4 is 5.32 Å². The number of hydrogen-bond donors (Lipinski definition) is 1. The van der Waals surface area contributed by atoms with Crippen molar-refractivity contribution >= 4 is 9.84 Å². The van der Waals surface area contributed by atoms with E-state index in [-0.39, 0.29) is 23.5 Å². The van der Waals surface area contributed by atoms with Gasteiger partial charge in [-0.05, 0) is 19.9 Å². The highest BCUT2D eigenvalue weighted by atomic mass is 32.2. The Labute approximate surface area is 107 Å². The van der Waals surface area contributed by atoms with E-state index in [4.69, 9.17) is 4.52 Å². The summed E-state index contributed by atoms with van der Waals surface area (Å²) < 4.78 is 27.9. The molecule has 7 heteroatoms. The minimum Gasteiger partial charge on any atom is -0.339 e. The van der Waals surface area contributed by atoms with Gasteiger partial charge in [0.05, 0.1) is 11.5 Å². The molecule has 102 valence electrons. The Balaban J connectivity index is 1.98. The Morgan fingerprint density at radius 3 is 2.94 bits per heavy atom. The largest absolute Gasteiger partial charge is 0.339 e. The van der Waals surface area contributed by atoms with Crippen molar-refractivity contribution < 1.29 is 12.9 Å². The van der Waals surface area contributed by atoms with E-state index in [1.165, 1.54) is 0 Å². The van der Waals surface area contributed by atoms with Crippen LogP contribution in [-0.2, 0) is 16.3 Å². The molecule has 1 saturated heterocycles. The maximum atomic E-state index is 11.4. The number of sulfone groups is 1. The van der Waals surface area contributed by atoms with Gasteiger partial charge in [-0.2, -0.15) is 4.98 Å². The molecule has 1 aromatic rings. The summed E-state index contributed by atoms with van der Waals surface area (Å²) in [4.78, 5) is 4.30. The molecule has 0 saturated carbocycles. The third-order valence-electron chi connectivity index (χ3n) is 3.11. The zero-order chi connectivity index (χ0) is 13.2. The normalized spacial score (nSPS) is 24.2. The van der Waals surface area contributed by atoms with Gasteiger partial charge in [-0.25, -0.2) is 8.42 Å². The lowest BCUT2D eigenvalue weighted by molar-refractivity contribution is 0.356. The molecule has 1 fully saturated rings. The Hall–Kier alpha value is -0.950. The van der Waals surface area contributed by atoms with Crippen LogP contribution in [0.2, 0.25) is 0 Å². The summed E-state index contributed by atoms with van der Waals surface area (Å²) in [6, 6.07) is 0.274. The minimum absolute atomic E-state index is 0.0954. The van der Waals surface area contributed by atoms with Crippen molar-refractivity contribution in [3.63, 3.8) is 0 Å². The van der Waals surface area contributed by atoms with E-state index in [1.807, 2.05) is 13.8 Å². The van der Waals surface area contributed by atoms with Gasteiger partial charge in [0.2, 0.25) is 5.89 Å². The monoisotopic (exact) mass is 273 g/mol. The number of hydrogen-bond acceptors (Lipinski definition) is 6. The first-order valence-electron chi connectivity index (χ1n) is 6.26. The first-order chi connectivity index (χ1) is 8.50. The van der Waals surface area contributed by atoms with Crippen molar-refractivity contribution in [2.24, 2.45) is 0 Å². The van der Waals surface area contributed by atoms with Gasteiger partial charge in [-0.1, -0.05) is 12.1 Å². The SMILES string of the molecule is CCNC(C)Cc1nc(C2CCS(=O)(=O)C2)no1. The second kappa shape index (κ2) is 5.36. The third kappa shape index (κ3) is 3.29. The fourth-order valence-electron chi connectivity index (χ4n) is 2.20. The van der Waals surface area contributed by atoms with Gasteiger partial charge in [0.25, 0.3) is 0 Å². The average Bonchev–Trinajstić information content (AvgIpc) is 2.85. The highest BCUT2D eigenvalue weighted by Crippen LogP contribution is 2.26. The Bertz CT molecular complexity index is 497. The van der Waals surface area contributed by atoms with Crippen LogP contribution in [0.25, 0.3) is 0 Å². The number of rotatable bonds is 5. The lowest BCUT2D eigenvalue weighted by Crippen LogP contribution is -2.27. The van der Waals surface area contributed by atoms with Gasteiger partial charge in [0.1, 0.15) is 0 Å². The molecule has 0 radical (unpaired) electrons. The molecule has 1 aliphatic rings. The van der Waals surface area contributed by atoms with Gasteiger partial charge in [-0.3, -0.25) is 0 Å². The Kier molecular flexibility index (Phi) is 4.01. The second-order valence-electron chi connectivity index (χ2n) is 4.81. The zero-order valence-corrected chi connectivity index (χ0v) is 11.5. The maximum absolute atomic E-state index is 11.4. The van der Waals surface area contributed by atoms with Crippen LogP contribution in [0.1, 0.15) is 37.9 Å². The molecule has 0 spiro atoms. The topological polar surface area (TPSA) is 85.1 Å². The van der Waals surface area contributed by atoms with Crippen LogP contribution in [0.5, 0.6) is 0 Å². The van der Waals surface area contributed by atoms with Gasteiger partial charge >= 0.3 is 0 Å². The number of aromatic nitrogens is 2. The van der Waals surface area contributed by atoms with Crippen molar-refractivity contribution in [1.82, 2.24) is 15.5 Å². The van der Waals surface area contributed by atoms with Crippen molar-refractivity contribution in [2.45, 2.75) is 38.6 Å². The molecule has 0 aromatic carbocycles. The van der Waals surface area contributed by atoms with Gasteiger partial charge in [-0.15, -0.1) is 0 Å². The van der Waals surface area contributed by atoms with Crippen molar-refractivity contribution in [3.8, 4) is 0 Å². The van der Waals surface area contributed by atoms with E-state index in [0.29, 0.717) is 24.6 Å². The summed E-state index contributed by atoms with van der Waals surface area (Å²) in [5, 5.41) is 7.16. The molecule has 2 heterocycles. The predicted octanol–water partition coefficient (Wildman–Crippen LogP) is 0.512. The molecule has 1 aliphatic heterocycles. The molecule has 0 amide bonds. The van der Waals surface area contributed by atoms with E-state index < -0.39 is 9.84 Å². The fourth-order valence-corrected chi connectivity index (χ4v) is 3.94. The fraction of sp³-hybridized carbons (Fsp3) is 0.818. The van der Waals surface area contributed by atoms with Crippen LogP contribution in [-0.4, -0.2) is 42.7 Å². The first-order valence-corrected chi connectivity index (χ1v) is 8.08. The Morgan fingerprint density at radius 1 is 1.56 bits per heavy atom. The molecule has 2 unspecified atom stereocenters. The molecule has 0 aliphatic carbocycles. The standard InChI is InChI=1S/C11H19N3O3S/c1-3-12-8(2)6-10-13-11(14-17-10)9-4-5-18(15,16)7-9/h8-9,12H,3-7H2,1-2H3. The quantitative estimate of drug-likeness (QED) is 0.841. The van der Waals surface area contributed by atoms with Crippen molar-refractivity contribution in [3.05, 3.63) is 11.7 Å². The molecular formula is C11H19N3O3S. The van der Waals surface area contributed by atoms with Crippen LogP contribution in [0.3, 0.4) is 0 Å². The molecule has 2 atom stereocenters. The van der Waals surface area contributed by atoms with Crippen LogP contribution in [0.15, 0.2) is 4.52 Å². The summed E-state index contributed by atoms with van der Waals surface area (Å²) in [5.74, 6) is 1.39. The molecular weight excluding hydrogens is 254 g/mol. The predicted molar refractivity (Wildman–Crippen MR) is 67.2 cm³/mol. The maximum Gasteiger partial charge on any atom is 0.228 e. The summed E-state index contributed by atoms with van der Waals surface area (Å²) in [7, 11) is -2.90. The molecule has 2 rings (SSSR count). The van der Waals surface area contributed by atoms with E-state index in [2.05, 4.69) is 15.5 Å². The molecule has 6 nitrogen and oxygen atoms in total. The molecule has 1 N–H and O–H groups in total. The number of likely N-dealkylation sites (N-methyl/N-ethyl adjacent to an activating group) is 1. The number of nitrogens with zero attached hydrogens (tertiary/aromatic N) is 2. The summed E-state index contributed by atoms with van der Waals surface area (Å²) in [6.07, 6.45) is 1.27. The Morgan fingerprint density at radius 2 is 2.33 bits per heavy atom. The van der Waals surface area contributed by atoms with Crippen LogP contribution in [0, 0.1) is 0 Å². The van der Waals surface area contributed by atoms with E-state index >= 15 is 0 Å². The third-order valence-corrected chi connectivity index (χ3v) is 4.88. The molecule has 18 heavy (non-hydrogen) atoms. The summed E-state index contributed by atoms with van der Waals surface area (Å²) >= 11 is 0. The minimum atomic E-state index is -2.90. The first kappa shape index (κ1) is 13.5. The lowest BCUT2D eigenvalue weighted by atomic mass is 10.1. The average molecular weight is 273 g/mol. The van der Waals surface area contributed by atoms with Crippen LogP contribution in [0.4, 0.5) is 0 Å². The second-order valence-corrected chi connectivity index (χ2v) is 7.04. The molecule has 1 aromatic heterocycles. The van der Waals surface area contributed by atoms with Gasteiger partial charge < -0.3 is 9.84 Å². The van der Waals surface area contributed by atoms with E-state index in [1.54, 1.807) is 0 Å². The highest BCUT2D eigenvalue weighted by Gasteiger charge is 2.32.